The van der Waals surface area contributed by atoms with Crippen LogP contribution in [0.4, 0.5) is 17.1 Å². The number of morpholine rings is 1. The Balaban J connectivity index is 1.16. The van der Waals surface area contributed by atoms with Crippen molar-refractivity contribution >= 4 is 27.3 Å². The maximum Gasteiger partial charge on any atom is 0.292 e. The highest BCUT2D eigenvalue weighted by molar-refractivity contribution is 7.86. The second-order valence-electron chi connectivity index (χ2n) is 12.0. The average Bonchev–Trinajstić information content (AvgIpc) is 2.88. The van der Waals surface area contributed by atoms with Crippen molar-refractivity contribution < 1.29 is 18.1 Å². The quantitative estimate of drug-likeness (QED) is 0.423. The van der Waals surface area contributed by atoms with Crippen LogP contribution in [0.15, 0.2) is 18.2 Å². The molecule has 1 N–H and O–H groups in total. The van der Waals surface area contributed by atoms with E-state index in [0.717, 1.165) is 23.4 Å². The van der Waals surface area contributed by atoms with Crippen molar-refractivity contribution in [3.8, 4) is 0 Å². The van der Waals surface area contributed by atoms with Crippen LogP contribution in [0.5, 0.6) is 0 Å². The Hall–Kier alpha value is -1.95. The number of nitro benzene ring substituents is 1. The monoisotopic (exact) mass is 533 g/mol. The number of hydrogen-bond acceptors (Lipinski definition) is 7. The molecule has 0 radical (unpaired) electrons. The third-order valence-corrected chi connectivity index (χ3v) is 11.8. The van der Waals surface area contributed by atoms with Gasteiger partial charge in [-0.05, 0) is 80.8 Å². The van der Waals surface area contributed by atoms with E-state index >= 15 is 0 Å². The van der Waals surface area contributed by atoms with Gasteiger partial charge in [0.15, 0.2) is 0 Å². The maximum atomic E-state index is 13.0. The van der Waals surface area contributed by atoms with Gasteiger partial charge in [-0.15, -0.1) is 0 Å². The first-order valence-electron chi connectivity index (χ1n) is 13.9. The van der Waals surface area contributed by atoms with Gasteiger partial charge in [-0.2, -0.15) is 17.0 Å². The van der Waals surface area contributed by atoms with E-state index in [1.807, 2.05) is 6.07 Å². The summed E-state index contributed by atoms with van der Waals surface area (Å²) in [7, 11) is -3.50. The van der Waals surface area contributed by atoms with Crippen LogP contribution in [0.25, 0.3) is 0 Å². The summed E-state index contributed by atoms with van der Waals surface area (Å²) in [4.78, 5) is 13.7. The molecule has 7 rings (SSSR count). The zero-order valence-electron chi connectivity index (χ0n) is 21.7. The van der Waals surface area contributed by atoms with Crippen molar-refractivity contribution in [3.05, 3.63) is 28.3 Å². The van der Waals surface area contributed by atoms with E-state index in [2.05, 4.69) is 17.1 Å². The second kappa shape index (κ2) is 9.66. The summed E-state index contributed by atoms with van der Waals surface area (Å²) in [6.07, 6.45) is 7.82. The Morgan fingerprint density at radius 3 is 2.11 bits per heavy atom. The summed E-state index contributed by atoms with van der Waals surface area (Å²) >= 11 is 0. The van der Waals surface area contributed by atoms with Crippen LogP contribution in [0.3, 0.4) is 0 Å². The number of hydrogen-bond donors (Lipinski definition) is 1. The highest BCUT2D eigenvalue weighted by atomic mass is 32.2. The molecule has 4 aliphatic carbocycles. The first-order chi connectivity index (χ1) is 17.7. The van der Waals surface area contributed by atoms with Gasteiger partial charge in [0.25, 0.3) is 15.9 Å². The molecule has 204 valence electrons. The van der Waals surface area contributed by atoms with Crippen LogP contribution in [0.2, 0.25) is 0 Å². The van der Waals surface area contributed by atoms with E-state index in [9.17, 15) is 18.5 Å². The molecule has 1 aromatic carbocycles. The van der Waals surface area contributed by atoms with Gasteiger partial charge in [-0.1, -0.05) is 0 Å². The smallest absolute Gasteiger partial charge is 0.292 e. The largest absolute Gasteiger partial charge is 0.379 e. The summed E-state index contributed by atoms with van der Waals surface area (Å²) in [5.74, 6) is 2.46. The summed E-state index contributed by atoms with van der Waals surface area (Å²) < 4.78 is 34.4. The lowest BCUT2D eigenvalue weighted by Gasteiger charge is -2.59. The van der Waals surface area contributed by atoms with Crippen LogP contribution >= 0.6 is 0 Å². The van der Waals surface area contributed by atoms with Crippen LogP contribution in [-0.4, -0.2) is 80.5 Å². The zero-order valence-corrected chi connectivity index (χ0v) is 22.5. The SMILES string of the molecule is C[C@H](Nc1cc(N2CCN(S(=O)(=O)N3CCOCC3)CC2)ccc1[N+](=O)[O-])C12CC3CC(CC(C3)C1)C2. The molecule has 0 amide bonds. The van der Waals surface area contributed by atoms with Gasteiger partial charge in [0.1, 0.15) is 5.69 Å². The average molecular weight is 534 g/mol. The van der Waals surface area contributed by atoms with Crippen LogP contribution < -0.4 is 10.2 Å². The Bertz CT molecular complexity index is 1090. The molecule has 0 spiro atoms. The van der Waals surface area contributed by atoms with E-state index in [1.54, 1.807) is 16.4 Å². The minimum Gasteiger partial charge on any atom is -0.379 e. The molecule has 2 saturated heterocycles. The topological polar surface area (TPSA) is 108 Å². The lowest BCUT2D eigenvalue weighted by molar-refractivity contribution is -0.384. The number of rotatable bonds is 7. The van der Waals surface area contributed by atoms with Crippen molar-refractivity contribution in [1.82, 2.24) is 8.61 Å². The highest BCUT2D eigenvalue weighted by Crippen LogP contribution is 2.61. The lowest BCUT2D eigenvalue weighted by atomic mass is 9.48. The van der Waals surface area contributed by atoms with E-state index in [4.69, 9.17) is 4.74 Å². The fourth-order valence-corrected chi connectivity index (χ4v) is 9.77. The first-order valence-corrected chi connectivity index (χ1v) is 15.3. The lowest BCUT2D eigenvalue weighted by Crippen LogP contribution is -2.55. The second-order valence-corrected chi connectivity index (χ2v) is 13.9. The third kappa shape index (κ3) is 4.72. The van der Waals surface area contributed by atoms with Gasteiger partial charge in [0.2, 0.25) is 0 Å². The van der Waals surface area contributed by atoms with Crippen molar-refractivity contribution in [1.29, 1.82) is 0 Å². The number of nitro groups is 1. The van der Waals surface area contributed by atoms with Crippen molar-refractivity contribution in [2.24, 2.45) is 23.2 Å². The standard InChI is InChI=1S/C26H39N5O5S/c1-19(26-16-20-12-21(17-26)14-22(13-20)18-26)27-24-15-23(2-3-25(24)31(32)33)28-4-6-29(7-5-28)37(34,35)30-8-10-36-11-9-30/h2-3,15,19-22,27H,4-14,16-18H2,1H3/t19-,20?,21?,22?,26?/m0/s1. The van der Waals surface area contributed by atoms with E-state index < -0.39 is 10.2 Å². The molecule has 10 nitrogen and oxygen atoms in total. The van der Waals surface area contributed by atoms with E-state index in [-0.39, 0.29) is 22.1 Å². The van der Waals surface area contributed by atoms with Crippen LogP contribution in [0.1, 0.15) is 45.4 Å². The number of benzene rings is 1. The minimum atomic E-state index is -3.50. The number of piperazine rings is 1. The Morgan fingerprint density at radius 1 is 0.973 bits per heavy atom. The molecule has 6 aliphatic rings. The molecule has 1 atom stereocenters. The normalized spacial score (nSPS) is 33.4. The predicted molar refractivity (Wildman–Crippen MR) is 142 cm³/mol. The summed E-state index contributed by atoms with van der Waals surface area (Å²) in [5.41, 5.74) is 1.81. The summed E-state index contributed by atoms with van der Waals surface area (Å²) in [5, 5.41) is 15.5. The molecule has 4 saturated carbocycles. The van der Waals surface area contributed by atoms with Crippen LogP contribution in [-0.2, 0) is 14.9 Å². The molecule has 6 fully saturated rings. The number of nitrogens with one attached hydrogen (secondary N) is 1. The molecule has 37 heavy (non-hydrogen) atoms. The Labute approximate surface area is 219 Å². The van der Waals surface area contributed by atoms with Crippen molar-refractivity contribution in [3.63, 3.8) is 0 Å². The summed E-state index contributed by atoms with van der Waals surface area (Å²) in [6.45, 7) is 5.74. The fourth-order valence-electron chi connectivity index (χ4n) is 8.21. The maximum absolute atomic E-state index is 13.0. The fraction of sp³-hybridized carbons (Fsp3) is 0.769. The third-order valence-electron chi connectivity index (χ3n) is 9.78. The van der Waals surface area contributed by atoms with Gasteiger partial charge in [-0.25, -0.2) is 0 Å². The molecule has 1 aromatic rings. The molecule has 0 unspecified atom stereocenters. The molecule has 0 aromatic heterocycles. The molecule has 2 aliphatic heterocycles. The van der Waals surface area contributed by atoms with Gasteiger partial charge in [0.05, 0.1) is 18.1 Å². The predicted octanol–water partition coefficient (Wildman–Crippen LogP) is 3.31. The minimum absolute atomic E-state index is 0.105. The number of nitrogens with zero attached hydrogens (tertiary/aromatic N) is 4. The van der Waals surface area contributed by atoms with Crippen molar-refractivity contribution in [2.45, 2.75) is 51.5 Å². The molecular formula is C26H39N5O5S. The Morgan fingerprint density at radius 2 is 1.54 bits per heavy atom. The van der Waals surface area contributed by atoms with Gasteiger partial charge in [0, 0.05) is 57.1 Å². The van der Waals surface area contributed by atoms with E-state index in [1.165, 1.54) is 42.8 Å². The van der Waals surface area contributed by atoms with E-state index in [0.29, 0.717) is 58.2 Å². The van der Waals surface area contributed by atoms with Gasteiger partial charge >= 0.3 is 0 Å². The summed E-state index contributed by atoms with van der Waals surface area (Å²) in [6, 6.07) is 5.47. The van der Waals surface area contributed by atoms with Gasteiger partial charge in [-0.3, -0.25) is 10.1 Å². The van der Waals surface area contributed by atoms with Crippen LogP contribution in [0, 0.1) is 33.3 Å². The number of ether oxygens (including phenoxy) is 1. The number of anilines is 2. The van der Waals surface area contributed by atoms with Gasteiger partial charge < -0.3 is 15.0 Å². The first kappa shape index (κ1) is 25.3. The molecule has 11 heteroatoms. The Kier molecular flexibility index (Phi) is 6.61. The molecular weight excluding hydrogens is 494 g/mol. The molecule has 2 heterocycles. The van der Waals surface area contributed by atoms with Crippen molar-refractivity contribution in [2.75, 3.05) is 62.7 Å². The highest BCUT2D eigenvalue weighted by Gasteiger charge is 2.53. The zero-order chi connectivity index (χ0) is 25.8. The molecule has 4 bridgehead atoms.